The Morgan fingerprint density at radius 2 is 1.09 bits per heavy atom. The van der Waals surface area contributed by atoms with Crippen molar-refractivity contribution < 1.29 is 45.4 Å². The van der Waals surface area contributed by atoms with E-state index in [9.17, 15) is 35.9 Å². The van der Waals surface area contributed by atoms with Crippen LogP contribution in [-0.4, -0.2) is 11.9 Å². The maximum absolute atomic E-state index is 14.9. The number of carbonyl (C=O) groups excluding carboxylic acids is 2. The van der Waals surface area contributed by atoms with Gasteiger partial charge in [0.05, 0.1) is 12.1 Å². The van der Waals surface area contributed by atoms with Gasteiger partial charge in [-0.2, -0.15) is 5.26 Å². The third kappa shape index (κ3) is 6.97. The van der Waals surface area contributed by atoms with Crippen LogP contribution >= 0.6 is 0 Å². The molecule has 0 heterocycles. The first kappa shape index (κ1) is 32.0. The minimum Gasteiger partial charge on any atom is -0.426 e. The third-order valence-corrected chi connectivity index (χ3v) is 6.74. The van der Waals surface area contributed by atoms with Gasteiger partial charge in [0.2, 0.25) is 0 Å². The van der Waals surface area contributed by atoms with E-state index in [1.807, 2.05) is 0 Å². The summed E-state index contributed by atoms with van der Waals surface area (Å²) in [7, 11) is 0. The van der Waals surface area contributed by atoms with Crippen LogP contribution in [0.1, 0.15) is 12.0 Å². The molecular weight excluding hydrogens is 626 g/mol. The van der Waals surface area contributed by atoms with Crippen molar-refractivity contribution >= 4 is 17.6 Å². The van der Waals surface area contributed by atoms with Crippen molar-refractivity contribution in [1.29, 1.82) is 5.26 Å². The average molecular weight is 643 g/mol. The van der Waals surface area contributed by atoms with E-state index < -0.39 is 70.0 Å². The van der Waals surface area contributed by atoms with Crippen LogP contribution < -0.4 is 9.47 Å². The van der Waals surface area contributed by atoms with Crippen LogP contribution in [0.5, 0.6) is 11.5 Å². The van der Waals surface area contributed by atoms with Crippen LogP contribution in [0.15, 0.2) is 84.9 Å². The van der Waals surface area contributed by atoms with Gasteiger partial charge in [-0.1, -0.05) is 24.3 Å². The summed E-state index contributed by atoms with van der Waals surface area (Å²) in [5, 5.41) is 8.80. The van der Waals surface area contributed by atoms with E-state index in [1.165, 1.54) is 30.3 Å². The first-order valence-electron chi connectivity index (χ1n) is 13.3. The van der Waals surface area contributed by atoms with Gasteiger partial charge in [-0.15, -0.1) is 0 Å². The van der Waals surface area contributed by atoms with E-state index in [4.69, 9.17) is 21.3 Å². The Labute approximate surface area is 262 Å². The zero-order valence-corrected chi connectivity index (χ0v) is 23.6. The van der Waals surface area contributed by atoms with Gasteiger partial charge in [0.1, 0.15) is 64.5 Å². The minimum absolute atomic E-state index is 0.185. The molecule has 0 radical (unpaired) electrons. The van der Waals surface area contributed by atoms with Crippen molar-refractivity contribution in [2.75, 3.05) is 0 Å². The molecule has 0 aromatic heterocycles. The van der Waals surface area contributed by atoms with Crippen molar-refractivity contribution in [3.8, 4) is 50.9 Å². The lowest BCUT2D eigenvalue weighted by Crippen LogP contribution is -2.18. The molecule has 0 atom stereocenters. The number of esters is 2. The summed E-state index contributed by atoms with van der Waals surface area (Å²) in [6.45, 7) is 6.98. The maximum Gasteiger partial charge on any atom is 0.322 e. The Bertz CT molecular complexity index is 2110. The number of hydrogen-bond acceptors (Lipinski definition) is 5. The smallest absolute Gasteiger partial charge is 0.322 e. The molecule has 47 heavy (non-hydrogen) atoms. The standard InChI is InChI=1S/C35H16F6N2O4/c1-43-21-4-2-18(3-5-21)24-8-6-22(14-29(24)38)46-33(44)16-34(45)47-23-7-9-25(30(39)15-23)19-10-31(40)35(32(41)11-19)20-12-27(36)26(17-42)28(37)13-20/h2-15H,16H2. The number of rotatable bonds is 7. The Kier molecular flexibility index (Phi) is 9.06. The van der Waals surface area contributed by atoms with E-state index in [0.29, 0.717) is 23.4 Å². The van der Waals surface area contributed by atoms with Crippen LogP contribution in [0.25, 0.3) is 38.2 Å². The lowest BCUT2D eigenvalue weighted by molar-refractivity contribution is -0.144. The highest BCUT2D eigenvalue weighted by molar-refractivity contribution is 5.93. The summed E-state index contributed by atoms with van der Waals surface area (Å²) in [5.74, 6) is -9.80. The molecule has 0 saturated heterocycles. The van der Waals surface area contributed by atoms with Gasteiger partial charge in [-0.05, 0) is 65.2 Å². The molecule has 0 aliphatic carbocycles. The second kappa shape index (κ2) is 13.3. The van der Waals surface area contributed by atoms with Gasteiger partial charge in [0.25, 0.3) is 0 Å². The molecule has 0 unspecified atom stereocenters. The number of nitrogens with zero attached hydrogens (tertiary/aromatic N) is 2. The van der Waals surface area contributed by atoms with E-state index in [-0.39, 0.29) is 28.2 Å². The average Bonchev–Trinajstić information content (AvgIpc) is 3.00. The molecule has 0 bridgehead atoms. The SMILES string of the molecule is [C-]#[N+]c1ccc(-c2ccc(OC(=O)CC(=O)Oc3ccc(-c4cc(F)c(-c5cc(F)c(C#N)c(F)c5)c(F)c4)c(F)c3)cc2F)cc1. The van der Waals surface area contributed by atoms with E-state index >= 15 is 0 Å². The molecule has 0 aliphatic heterocycles. The summed E-state index contributed by atoms with van der Waals surface area (Å²) in [6, 6.07) is 16.6. The minimum atomic E-state index is -1.32. The van der Waals surface area contributed by atoms with Gasteiger partial charge < -0.3 is 9.47 Å². The van der Waals surface area contributed by atoms with Crippen LogP contribution in [0.4, 0.5) is 32.0 Å². The van der Waals surface area contributed by atoms with Gasteiger partial charge in [-0.3, -0.25) is 9.59 Å². The number of ether oxygens (including phenoxy) is 2. The van der Waals surface area contributed by atoms with E-state index in [0.717, 1.165) is 36.4 Å². The predicted octanol–water partition coefficient (Wildman–Crippen LogP) is 8.85. The summed E-state index contributed by atoms with van der Waals surface area (Å²) < 4.78 is 97.4. The fraction of sp³-hybridized carbons (Fsp3) is 0.0286. The normalized spacial score (nSPS) is 10.6. The van der Waals surface area contributed by atoms with Gasteiger partial charge >= 0.3 is 11.9 Å². The monoisotopic (exact) mass is 642 g/mol. The van der Waals surface area contributed by atoms with E-state index in [2.05, 4.69) is 4.85 Å². The van der Waals surface area contributed by atoms with Crippen molar-refractivity contribution in [3.05, 3.63) is 137 Å². The molecule has 5 rings (SSSR count). The third-order valence-electron chi connectivity index (χ3n) is 6.74. The highest BCUT2D eigenvalue weighted by Crippen LogP contribution is 2.35. The first-order valence-corrected chi connectivity index (χ1v) is 13.3. The largest absolute Gasteiger partial charge is 0.426 e. The lowest BCUT2D eigenvalue weighted by Gasteiger charge is -2.11. The molecule has 0 spiro atoms. The van der Waals surface area contributed by atoms with E-state index in [1.54, 1.807) is 12.1 Å². The Balaban J connectivity index is 1.24. The Hall–Kier alpha value is -6.40. The second-order valence-corrected chi connectivity index (χ2v) is 9.81. The predicted molar refractivity (Wildman–Crippen MR) is 156 cm³/mol. The quantitative estimate of drug-likeness (QED) is 0.0583. The first-order chi connectivity index (χ1) is 22.5. The zero-order valence-electron chi connectivity index (χ0n) is 23.6. The molecule has 0 saturated carbocycles. The van der Waals surface area contributed by atoms with Crippen molar-refractivity contribution in [1.82, 2.24) is 0 Å². The number of nitriles is 1. The molecule has 0 N–H and O–H groups in total. The molecule has 0 aliphatic rings. The van der Waals surface area contributed by atoms with Crippen molar-refractivity contribution in [2.24, 2.45) is 0 Å². The highest BCUT2D eigenvalue weighted by atomic mass is 19.2. The molecule has 5 aromatic rings. The lowest BCUT2D eigenvalue weighted by atomic mass is 9.97. The number of benzene rings is 5. The molecule has 5 aromatic carbocycles. The van der Waals surface area contributed by atoms with Crippen LogP contribution in [0.3, 0.4) is 0 Å². The Morgan fingerprint density at radius 3 is 1.53 bits per heavy atom. The molecule has 0 fully saturated rings. The van der Waals surface area contributed by atoms with Crippen LogP contribution in [-0.2, 0) is 9.59 Å². The van der Waals surface area contributed by atoms with Crippen molar-refractivity contribution in [2.45, 2.75) is 6.42 Å². The molecule has 0 amide bonds. The maximum atomic E-state index is 14.9. The van der Waals surface area contributed by atoms with Crippen LogP contribution in [0.2, 0.25) is 0 Å². The summed E-state index contributed by atoms with van der Waals surface area (Å²) in [5.41, 5.74) is -1.82. The summed E-state index contributed by atoms with van der Waals surface area (Å²) >= 11 is 0. The second-order valence-electron chi connectivity index (χ2n) is 9.81. The zero-order chi connectivity index (χ0) is 33.8. The fourth-order valence-corrected chi connectivity index (χ4v) is 4.58. The molecule has 232 valence electrons. The van der Waals surface area contributed by atoms with Gasteiger partial charge in [0, 0.05) is 23.3 Å². The molecule has 12 heteroatoms. The fourth-order valence-electron chi connectivity index (χ4n) is 4.58. The van der Waals surface area contributed by atoms with Gasteiger partial charge in [-0.25, -0.2) is 31.2 Å². The summed E-state index contributed by atoms with van der Waals surface area (Å²) in [6.07, 6.45) is -0.931. The number of carbonyl (C=O) groups is 2. The van der Waals surface area contributed by atoms with Crippen LogP contribution in [0, 0.1) is 52.8 Å². The highest BCUT2D eigenvalue weighted by Gasteiger charge is 2.21. The Morgan fingerprint density at radius 1 is 0.617 bits per heavy atom. The topological polar surface area (TPSA) is 80.8 Å². The number of halogens is 6. The molecular formula is C35H16F6N2O4. The van der Waals surface area contributed by atoms with Crippen molar-refractivity contribution in [3.63, 3.8) is 0 Å². The number of hydrogen-bond donors (Lipinski definition) is 0. The molecule has 6 nitrogen and oxygen atoms in total. The van der Waals surface area contributed by atoms with Gasteiger partial charge in [0.15, 0.2) is 5.69 Å². The summed E-state index contributed by atoms with van der Waals surface area (Å²) in [4.78, 5) is 27.8.